The number of ether oxygens (including phenoxy) is 1. The molecular weight excluding hydrogens is 392 g/mol. The maximum absolute atomic E-state index is 12.4. The number of para-hydroxylation sites is 1. The van der Waals surface area contributed by atoms with Crippen molar-refractivity contribution in [2.24, 2.45) is 0 Å². The molecule has 0 spiro atoms. The summed E-state index contributed by atoms with van der Waals surface area (Å²) in [4.78, 5) is 16.6. The molecule has 0 aliphatic heterocycles. The van der Waals surface area contributed by atoms with Crippen LogP contribution in [0, 0.1) is 0 Å². The van der Waals surface area contributed by atoms with Crippen molar-refractivity contribution < 1.29 is 14.6 Å². The number of rotatable bonds is 5. The molecule has 0 unspecified atom stereocenters. The van der Waals surface area contributed by atoms with Crippen LogP contribution in [0.5, 0.6) is 11.5 Å². The van der Waals surface area contributed by atoms with Gasteiger partial charge in [0.05, 0.1) is 11.3 Å². The Kier molecular flexibility index (Phi) is 4.78. The van der Waals surface area contributed by atoms with E-state index >= 15 is 0 Å². The van der Waals surface area contributed by atoms with E-state index in [9.17, 15) is 9.90 Å². The SMILES string of the molecule is Nc1ncnn2c(C3CCCC3)c(C(=O)O)c(-c3ccc(Oc4ccccc4)cc3)c12. The Morgan fingerprint density at radius 1 is 1.03 bits per heavy atom. The number of nitrogens with zero attached hydrogens (tertiary/aromatic N) is 3. The zero-order valence-corrected chi connectivity index (χ0v) is 16.9. The molecule has 31 heavy (non-hydrogen) atoms. The Bertz CT molecular complexity index is 1240. The number of hydrogen-bond donors (Lipinski definition) is 2. The second-order valence-electron chi connectivity index (χ2n) is 7.77. The number of nitrogen functional groups attached to an aromatic ring is 1. The van der Waals surface area contributed by atoms with Crippen molar-refractivity contribution in [3.8, 4) is 22.6 Å². The van der Waals surface area contributed by atoms with Crippen LogP contribution in [0.1, 0.15) is 47.7 Å². The first-order chi connectivity index (χ1) is 15.1. The maximum Gasteiger partial charge on any atom is 0.338 e. The van der Waals surface area contributed by atoms with Gasteiger partial charge in [0.15, 0.2) is 5.82 Å². The summed E-state index contributed by atoms with van der Waals surface area (Å²) in [6, 6.07) is 16.9. The highest BCUT2D eigenvalue weighted by molar-refractivity contribution is 6.05. The second-order valence-corrected chi connectivity index (χ2v) is 7.77. The van der Waals surface area contributed by atoms with Crippen LogP contribution in [0.25, 0.3) is 16.6 Å². The summed E-state index contributed by atoms with van der Waals surface area (Å²) in [5.41, 5.74) is 9.03. The van der Waals surface area contributed by atoms with Gasteiger partial charge in [-0.1, -0.05) is 43.2 Å². The van der Waals surface area contributed by atoms with E-state index in [2.05, 4.69) is 10.1 Å². The number of carboxylic acid groups (broad SMARTS) is 1. The van der Waals surface area contributed by atoms with Crippen molar-refractivity contribution in [1.82, 2.24) is 14.6 Å². The Morgan fingerprint density at radius 3 is 2.39 bits per heavy atom. The average Bonchev–Trinajstić information content (AvgIpc) is 3.41. The molecule has 1 aliphatic rings. The van der Waals surface area contributed by atoms with Crippen LogP contribution < -0.4 is 10.5 Å². The third-order valence-electron chi connectivity index (χ3n) is 5.87. The molecule has 0 amide bonds. The minimum absolute atomic E-state index is 0.141. The molecule has 7 nitrogen and oxygen atoms in total. The summed E-state index contributed by atoms with van der Waals surface area (Å²) < 4.78 is 7.56. The molecular formula is C24H22N4O3. The van der Waals surface area contributed by atoms with Crippen molar-refractivity contribution >= 4 is 17.3 Å². The predicted octanol–water partition coefficient (Wildman–Crippen LogP) is 5.13. The topological polar surface area (TPSA) is 103 Å². The van der Waals surface area contributed by atoms with Crippen LogP contribution in [0.4, 0.5) is 5.82 Å². The summed E-state index contributed by atoms with van der Waals surface area (Å²) in [5.74, 6) is 0.822. The third-order valence-corrected chi connectivity index (χ3v) is 5.87. The number of fused-ring (bicyclic) bond motifs is 1. The molecule has 2 heterocycles. The van der Waals surface area contributed by atoms with Gasteiger partial charge in [0.1, 0.15) is 23.3 Å². The van der Waals surface area contributed by atoms with Gasteiger partial charge in [-0.15, -0.1) is 0 Å². The molecule has 1 aliphatic carbocycles. The molecule has 2 aromatic carbocycles. The lowest BCUT2D eigenvalue weighted by Gasteiger charge is -2.11. The number of benzene rings is 2. The smallest absolute Gasteiger partial charge is 0.338 e. The van der Waals surface area contributed by atoms with Gasteiger partial charge in [-0.2, -0.15) is 5.10 Å². The first kappa shape index (κ1) is 19.1. The number of aromatic nitrogens is 3. The van der Waals surface area contributed by atoms with Crippen LogP contribution in [-0.2, 0) is 0 Å². The molecule has 5 rings (SSSR count). The largest absolute Gasteiger partial charge is 0.478 e. The molecule has 0 bridgehead atoms. The zero-order chi connectivity index (χ0) is 21.4. The van der Waals surface area contributed by atoms with Crippen molar-refractivity contribution in [1.29, 1.82) is 0 Å². The van der Waals surface area contributed by atoms with E-state index in [0.29, 0.717) is 22.5 Å². The van der Waals surface area contributed by atoms with Gasteiger partial charge in [-0.3, -0.25) is 0 Å². The monoisotopic (exact) mass is 414 g/mol. The molecule has 0 saturated heterocycles. The summed E-state index contributed by atoms with van der Waals surface area (Å²) in [5, 5.41) is 14.6. The number of anilines is 1. The number of aromatic carboxylic acids is 1. The van der Waals surface area contributed by atoms with Crippen LogP contribution in [0.15, 0.2) is 60.9 Å². The fourth-order valence-corrected chi connectivity index (χ4v) is 4.52. The Balaban J connectivity index is 1.65. The first-order valence-corrected chi connectivity index (χ1v) is 10.3. The van der Waals surface area contributed by atoms with E-state index in [4.69, 9.17) is 10.5 Å². The molecule has 7 heteroatoms. The Hall–Kier alpha value is -3.87. The molecule has 2 aromatic heterocycles. The zero-order valence-electron chi connectivity index (χ0n) is 16.9. The fourth-order valence-electron chi connectivity index (χ4n) is 4.52. The first-order valence-electron chi connectivity index (χ1n) is 10.3. The van der Waals surface area contributed by atoms with E-state index in [-0.39, 0.29) is 17.3 Å². The normalized spacial score (nSPS) is 14.2. The maximum atomic E-state index is 12.4. The van der Waals surface area contributed by atoms with Crippen molar-refractivity contribution in [3.63, 3.8) is 0 Å². The van der Waals surface area contributed by atoms with Crippen LogP contribution in [0.2, 0.25) is 0 Å². The lowest BCUT2D eigenvalue weighted by atomic mass is 9.95. The van der Waals surface area contributed by atoms with Gasteiger partial charge >= 0.3 is 5.97 Å². The molecule has 1 fully saturated rings. The van der Waals surface area contributed by atoms with E-state index in [1.807, 2.05) is 54.6 Å². The highest BCUT2D eigenvalue weighted by Crippen LogP contribution is 2.43. The van der Waals surface area contributed by atoms with Gasteiger partial charge < -0.3 is 15.6 Å². The van der Waals surface area contributed by atoms with E-state index < -0.39 is 5.97 Å². The van der Waals surface area contributed by atoms with Crippen LogP contribution in [-0.4, -0.2) is 25.7 Å². The molecule has 1 saturated carbocycles. The molecule has 0 atom stereocenters. The summed E-state index contributed by atoms with van der Waals surface area (Å²) in [7, 11) is 0. The summed E-state index contributed by atoms with van der Waals surface area (Å²) in [6.07, 6.45) is 5.43. The average molecular weight is 414 g/mol. The predicted molar refractivity (Wildman–Crippen MR) is 118 cm³/mol. The number of carboxylic acids is 1. The molecule has 0 radical (unpaired) electrons. The lowest BCUT2D eigenvalue weighted by Crippen LogP contribution is -2.08. The van der Waals surface area contributed by atoms with Crippen molar-refractivity contribution in [2.75, 3.05) is 5.73 Å². The Morgan fingerprint density at radius 2 is 1.71 bits per heavy atom. The van der Waals surface area contributed by atoms with E-state index in [0.717, 1.165) is 37.0 Å². The van der Waals surface area contributed by atoms with Gasteiger partial charge in [0.2, 0.25) is 0 Å². The van der Waals surface area contributed by atoms with E-state index in [1.165, 1.54) is 6.33 Å². The van der Waals surface area contributed by atoms with Crippen LogP contribution >= 0.6 is 0 Å². The number of hydrogen-bond acceptors (Lipinski definition) is 5. The lowest BCUT2D eigenvalue weighted by molar-refractivity contribution is 0.0696. The standard InChI is InChI=1S/C24H22N4O3/c25-23-22-19(15-10-12-18(13-11-15)31-17-8-2-1-3-9-17)20(24(29)30)21(16-6-4-5-7-16)28(22)27-14-26-23/h1-3,8-14,16H,4-7H2,(H,29,30)(H2,25,26,27). The minimum Gasteiger partial charge on any atom is -0.478 e. The van der Waals surface area contributed by atoms with Gasteiger partial charge in [0, 0.05) is 11.5 Å². The Labute approximate surface area is 179 Å². The number of carbonyl (C=O) groups is 1. The molecule has 156 valence electrons. The van der Waals surface area contributed by atoms with Gasteiger partial charge in [-0.25, -0.2) is 14.3 Å². The van der Waals surface area contributed by atoms with E-state index in [1.54, 1.807) is 4.52 Å². The molecule has 4 aromatic rings. The van der Waals surface area contributed by atoms with Crippen molar-refractivity contribution in [3.05, 3.63) is 72.2 Å². The highest BCUT2D eigenvalue weighted by atomic mass is 16.5. The number of nitrogens with two attached hydrogens (primary N) is 1. The highest BCUT2D eigenvalue weighted by Gasteiger charge is 2.32. The molecule has 3 N–H and O–H groups in total. The second kappa shape index (κ2) is 7.75. The van der Waals surface area contributed by atoms with Gasteiger partial charge in [0.25, 0.3) is 0 Å². The van der Waals surface area contributed by atoms with Gasteiger partial charge in [-0.05, 0) is 42.7 Å². The summed E-state index contributed by atoms with van der Waals surface area (Å²) >= 11 is 0. The minimum atomic E-state index is -0.980. The third kappa shape index (κ3) is 3.38. The van der Waals surface area contributed by atoms with Crippen LogP contribution in [0.3, 0.4) is 0 Å². The fraction of sp³-hybridized carbons (Fsp3) is 0.208. The summed E-state index contributed by atoms with van der Waals surface area (Å²) in [6.45, 7) is 0. The van der Waals surface area contributed by atoms with Crippen molar-refractivity contribution in [2.45, 2.75) is 31.6 Å². The quantitative estimate of drug-likeness (QED) is 0.469.